The molecule has 2 aromatic rings. The van der Waals surface area contributed by atoms with Crippen molar-refractivity contribution in [3.05, 3.63) is 50.7 Å². The second-order valence-corrected chi connectivity index (χ2v) is 7.23. The number of ether oxygens (including phenoxy) is 1. The molecule has 0 aliphatic heterocycles. The molecule has 2 rings (SSSR count). The average molecular weight is 365 g/mol. The van der Waals surface area contributed by atoms with Crippen molar-refractivity contribution in [3.63, 3.8) is 0 Å². The van der Waals surface area contributed by atoms with E-state index in [0.717, 1.165) is 21.9 Å². The van der Waals surface area contributed by atoms with E-state index in [1.807, 2.05) is 45.0 Å². The lowest BCUT2D eigenvalue weighted by molar-refractivity contribution is -0.121. The Balaban J connectivity index is 1.71. The number of carbonyl (C=O) groups is 1. The van der Waals surface area contributed by atoms with E-state index in [2.05, 4.69) is 10.5 Å². The Labute approximate surface area is 151 Å². The van der Waals surface area contributed by atoms with E-state index in [1.54, 1.807) is 17.4 Å². The van der Waals surface area contributed by atoms with Crippen molar-refractivity contribution in [2.75, 3.05) is 6.61 Å². The van der Waals surface area contributed by atoms with Crippen LogP contribution in [0, 0.1) is 13.8 Å². The van der Waals surface area contributed by atoms with E-state index in [0.29, 0.717) is 24.5 Å². The van der Waals surface area contributed by atoms with Gasteiger partial charge < -0.3 is 4.74 Å². The Kier molecular flexibility index (Phi) is 6.82. The maximum Gasteiger partial charge on any atom is 0.240 e. The SMILES string of the molecule is CC(=NNC(=O)CCCOc1ccc(Cl)cc1C)c1ccc(C)s1. The Bertz CT molecular complexity index is 740. The molecule has 0 unspecified atom stereocenters. The number of rotatable bonds is 7. The van der Waals surface area contributed by atoms with Crippen molar-refractivity contribution in [1.82, 2.24) is 5.43 Å². The topological polar surface area (TPSA) is 50.7 Å². The maximum atomic E-state index is 11.8. The number of hydrazone groups is 1. The molecule has 0 radical (unpaired) electrons. The number of nitrogens with zero attached hydrogens (tertiary/aromatic N) is 1. The average Bonchev–Trinajstić information content (AvgIpc) is 2.97. The summed E-state index contributed by atoms with van der Waals surface area (Å²) in [6.07, 6.45) is 0.994. The van der Waals surface area contributed by atoms with Crippen LogP contribution in [0.2, 0.25) is 5.02 Å². The summed E-state index contributed by atoms with van der Waals surface area (Å²) in [5.74, 6) is 0.681. The molecule has 6 heteroatoms. The largest absolute Gasteiger partial charge is 0.493 e. The third kappa shape index (κ3) is 5.65. The van der Waals surface area contributed by atoms with Gasteiger partial charge in [0.25, 0.3) is 0 Å². The van der Waals surface area contributed by atoms with Gasteiger partial charge in [-0.15, -0.1) is 11.3 Å². The Hall–Kier alpha value is -1.85. The number of carbonyl (C=O) groups excluding carboxylic acids is 1. The summed E-state index contributed by atoms with van der Waals surface area (Å²) in [6.45, 7) is 6.35. The molecular weight excluding hydrogens is 344 g/mol. The molecule has 0 aliphatic rings. The van der Waals surface area contributed by atoms with Crippen LogP contribution in [-0.2, 0) is 4.79 Å². The van der Waals surface area contributed by atoms with E-state index in [9.17, 15) is 4.79 Å². The van der Waals surface area contributed by atoms with Crippen LogP contribution in [0.25, 0.3) is 0 Å². The van der Waals surface area contributed by atoms with Crippen molar-refractivity contribution in [2.45, 2.75) is 33.6 Å². The fraction of sp³-hybridized carbons (Fsp3) is 0.333. The highest BCUT2D eigenvalue weighted by molar-refractivity contribution is 7.14. The number of halogens is 1. The molecule has 1 aromatic heterocycles. The normalized spacial score (nSPS) is 11.4. The molecule has 4 nitrogen and oxygen atoms in total. The van der Waals surface area contributed by atoms with Gasteiger partial charge in [-0.25, -0.2) is 5.43 Å². The second-order valence-electron chi connectivity index (χ2n) is 5.50. The molecular formula is C18H21ClN2O2S. The zero-order valence-electron chi connectivity index (χ0n) is 14.1. The molecule has 1 heterocycles. The van der Waals surface area contributed by atoms with Gasteiger partial charge in [-0.1, -0.05) is 11.6 Å². The highest BCUT2D eigenvalue weighted by Gasteiger charge is 2.04. The van der Waals surface area contributed by atoms with Crippen LogP contribution >= 0.6 is 22.9 Å². The molecule has 0 fully saturated rings. The summed E-state index contributed by atoms with van der Waals surface area (Å²) in [4.78, 5) is 14.1. The zero-order valence-corrected chi connectivity index (χ0v) is 15.6. The number of hydrogen-bond acceptors (Lipinski definition) is 4. The van der Waals surface area contributed by atoms with Crippen LogP contribution in [0.1, 0.15) is 35.1 Å². The van der Waals surface area contributed by atoms with Gasteiger partial charge in [0.2, 0.25) is 5.91 Å². The van der Waals surface area contributed by atoms with Crippen LogP contribution in [0.5, 0.6) is 5.75 Å². The smallest absolute Gasteiger partial charge is 0.240 e. The van der Waals surface area contributed by atoms with E-state index in [-0.39, 0.29) is 5.91 Å². The van der Waals surface area contributed by atoms with Gasteiger partial charge in [-0.3, -0.25) is 4.79 Å². The van der Waals surface area contributed by atoms with Crippen LogP contribution in [0.3, 0.4) is 0 Å². The quantitative estimate of drug-likeness (QED) is 0.439. The minimum atomic E-state index is -0.112. The Morgan fingerprint density at radius 3 is 2.75 bits per heavy atom. The Morgan fingerprint density at radius 2 is 2.08 bits per heavy atom. The van der Waals surface area contributed by atoms with Gasteiger partial charge in [0.15, 0.2) is 0 Å². The van der Waals surface area contributed by atoms with Gasteiger partial charge in [0.1, 0.15) is 5.75 Å². The van der Waals surface area contributed by atoms with Crippen molar-refractivity contribution in [3.8, 4) is 5.75 Å². The third-order valence-corrected chi connectivity index (χ3v) is 4.73. The molecule has 24 heavy (non-hydrogen) atoms. The number of benzene rings is 1. The van der Waals surface area contributed by atoms with Crippen LogP contribution in [0.15, 0.2) is 35.4 Å². The summed E-state index contributed by atoms with van der Waals surface area (Å²) in [6, 6.07) is 9.53. The van der Waals surface area contributed by atoms with Crippen LogP contribution < -0.4 is 10.2 Å². The first-order chi connectivity index (χ1) is 11.5. The third-order valence-electron chi connectivity index (χ3n) is 3.39. The number of thiophene rings is 1. The lowest BCUT2D eigenvalue weighted by atomic mass is 10.2. The molecule has 1 N–H and O–H groups in total. The summed E-state index contributed by atoms with van der Waals surface area (Å²) in [7, 11) is 0. The van der Waals surface area contributed by atoms with Gasteiger partial charge >= 0.3 is 0 Å². The number of hydrogen-bond donors (Lipinski definition) is 1. The molecule has 0 saturated heterocycles. The van der Waals surface area contributed by atoms with Crippen molar-refractivity contribution in [1.29, 1.82) is 0 Å². The lowest BCUT2D eigenvalue weighted by Crippen LogP contribution is -2.19. The fourth-order valence-electron chi connectivity index (χ4n) is 2.08. The van der Waals surface area contributed by atoms with Gasteiger partial charge in [0.05, 0.1) is 17.2 Å². The first kappa shape index (κ1) is 18.5. The molecule has 1 amide bonds. The molecule has 0 spiro atoms. The molecule has 1 aromatic carbocycles. The highest BCUT2D eigenvalue weighted by atomic mass is 35.5. The van der Waals surface area contributed by atoms with Crippen molar-refractivity contribution < 1.29 is 9.53 Å². The predicted octanol–water partition coefficient (Wildman–Crippen LogP) is 4.72. The molecule has 0 bridgehead atoms. The lowest BCUT2D eigenvalue weighted by Gasteiger charge is -2.09. The molecule has 0 atom stereocenters. The van der Waals surface area contributed by atoms with E-state index < -0.39 is 0 Å². The maximum absolute atomic E-state index is 11.8. The number of aryl methyl sites for hydroxylation is 2. The molecule has 0 aliphatic carbocycles. The number of nitrogens with one attached hydrogen (secondary N) is 1. The van der Waals surface area contributed by atoms with E-state index in [1.165, 1.54) is 4.88 Å². The first-order valence-corrected chi connectivity index (χ1v) is 8.94. The summed E-state index contributed by atoms with van der Waals surface area (Å²) >= 11 is 7.56. The minimum Gasteiger partial charge on any atom is -0.493 e. The summed E-state index contributed by atoms with van der Waals surface area (Å²) in [5, 5.41) is 4.83. The van der Waals surface area contributed by atoms with Gasteiger partial charge in [-0.05, 0) is 63.1 Å². The zero-order chi connectivity index (χ0) is 17.5. The summed E-state index contributed by atoms with van der Waals surface area (Å²) < 4.78 is 5.67. The standard InChI is InChI=1S/C18H21ClN2O2S/c1-12-11-15(19)7-8-16(12)23-10-4-5-18(22)21-20-14(3)17-9-6-13(2)24-17/h6-9,11H,4-5,10H2,1-3H3,(H,21,22). The monoisotopic (exact) mass is 364 g/mol. The van der Waals surface area contributed by atoms with Crippen molar-refractivity contribution in [2.24, 2.45) is 5.10 Å². The molecule has 0 saturated carbocycles. The van der Waals surface area contributed by atoms with Gasteiger partial charge in [-0.2, -0.15) is 5.10 Å². The minimum absolute atomic E-state index is 0.112. The number of amides is 1. The highest BCUT2D eigenvalue weighted by Crippen LogP contribution is 2.22. The predicted molar refractivity (Wildman–Crippen MR) is 100 cm³/mol. The van der Waals surface area contributed by atoms with E-state index >= 15 is 0 Å². The van der Waals surface area contributed by atoms with E-state index in [4.69, 9.17) is 16.3 Å². The first-order valence-electron chi connectivity index (χ1n) is 7.74. The summed E-state index contributed by atoms with van der Waals surface area (Å²) in [5.41, 5.74) is 4.39. The molecule has 128 valence electrons. The second kappa shape index (κ2) is 8.85. The fourth-order valence-corrected chi connectivity index (χ4v) is 3.11. The van der Waals surface area contributed by atoms with Crippen LogP contribution in [0.4, 0.5) is 0 Å². The van der Waals surface area contributed by atoms with Crippen molar-refractivity contribution >= 4 is 34.6 Å². The van der Waals surface area contributed by atoms with Gasteiger partial charge in [0, 0.05) is 16.3 Å². The van der Waals surface area contributed by atoms with Crippen LogP contribution in [-0.4, -0.2) is 18.2 Å². The Morgan fingerprint density at radius 1 is 1.29 bits per heavy atom.